The largest absolute Gasteiger partial charge is 0.481 e. The molecule has 2 atom stereocenters. The minimum atomic E-state index is -4.91. The molecular formula is C10H8BrF3O3S. The van der Waals surface area contributed by atoms with Gasteiger partial charge in [0, 0.05) is 9.37 Å². The van der Waals surface area contributed by atoms with Crippen LogP contribution < -0.4 is 0 Å². The molecule has 0 saturated carbocycles. The molecule has 0 heterocycles. The fourth-order valence-corrected chi connectivity index (χ4v) is 2.67. The second-order valence-corrected chi connectivity index (χ2v) is 5.81. The van der Waals surface area contributed by atoms with Crippen LogP contribution in [0.25, 0.3) is 0 Å². The molecule has 18 heavy (non-hydrogen) atoms. The van der Waals surface area contributed by atoms with Crippen molar-refractivity contribution in [2.75, 3.05) is 5.75 Å². The first kappa shape index (κ1) is 15.2. The molecule has 1 rings (SSSR count). The van der Waals surface area contributed by atoms with Crippen molar-refractivity contribution in [1.29, 1.82) is 0 Å². The molecule has 8 heteroatoms. The highest BCUT2D eigenvalue weighted by Crippen LogP contribution is 2.28. The van der Waals surface area contributed by atoms with Crippen LogP contribution in [0.3, 0.4) is 0 Å². The fraction of sp³-hybridized carbons (Fsp3) is 0.300. The zero-order valence-electron chi connectivity index (χ0n) is 8.78. The van der Waals surface area contributed by atoms with Crippen molar-refractivity contribution < 1.29 is 27.3 Å². The molecule has 0 aliphatic rings. The van der Waals surface area contributed by atoms with Crippen molar-refractivity contribution >= 4 is 32.7 Å². The molecule has 0 fully saturated rings. The molecule has 1 aromatic rings. The van der Waals surface area contributed by atoms with Crippen LogP contribution in [0.15, 0.2) is 33.6 Å². The predicted molar refractivity (Wildman–Crippen MR) is 62.6 cm³/mol. The van der Waals surface area contributed by atoms with Crippen molar-refractivity contribution in [3.63, 3.8) is 0 Å². The highest BCUT2D eigenvalue weighted by Gasteiger charge is 2.46. The van der Waals surface area contributed by atoms with Crippen molar-refractivity contribution in [2.45, 2.75) is 11.1 Å². The van der Waals surface area contributed by atoms with Crippen molar-refractivity contribution in [3.05, 3.63) is 28.7 Å². The van der Waals surface area contributed by atoms with Gasteiger partial charge in [0.1, 0.15) is 0 Å². The summed E-state index contributed by atoms with van der Waals surface area (Å²) in [5.41, 5.74) is 0. The quantitative estimate of drug-likeness (QED) is 0.913. The van der Waals surface area contributed by atoms with Gasteiger partial charge in [-0.25, -0.2) is 0 Å². The standard InChI is InChI=1S/C10H8BrF3O3S/c11-6-1-3-7(4-2-6)18(17)5-8(9(15)16)10(12,13)14/h1-4,8H,5H2,(H,15,16). The number of aliphatic carboxylic acids is 1. The lowest BCUT2D eigenvalue weighted by Crippen LogP contribution is -2.35. The van der Waals surface area contributed by atoms with Crippen molar-refractivity contribution in [2.24, 2.45) is 5.92 Å². The lowest BCUT2D eigenvalue weighted by atomic mass is 10.2. The van der Waals surface area contributed by atoms with Crippen LogP contribution in [0.4, 0.5) is 13.2 Å². The summed E-state index contributed by atoms with van der Waals surface area (Å²) in [7, 11) is -2.01. The van der Waals surface area contributed by atoms with E-state index in [1.165, 1.54) is 24.3 Å². The number of alkyl halides is 3. The summed E-state index contributed by atoms with van der Waals surface area (Å²) < 4.78 is 49.5. The van der Waals surface area contributed by atoms with Gasteiger partial charge in [-0.05, 0) is 24.3 Å². The number of rotatable bonds is 4. The molecule has 2 unspecified atom stereocenters. The Labute approximate surface area is 112 Å². The van der Waals surface area contributed by atoms with E-state index >= 15 is 0 Å². The van der Waals surface area contributed by atoms with Gasteiger partial charge in [0.15, 0.2) is 5.92 Å². The highest BCUT2D eigenvalue weighted by molar-refractivity contribution is 9.10. The number of carbonyl (C=O) groups is 1. The normalized spacial score (nSPS) is 15.1. The summed E-state index contributed by atoms with van der Waals surface area (Å²) in [6, 6.07) is 5.82. The van der Waals surface area contributed by atoms with Crippen LogP contribution in [0, 0.1) is 5.92 Å². The van der Waals surface area contributed by atoms with Crippen LogP contribution >= 0.6 is 15.9 Å². The van der Waals surface area contributed by atoms with Gasteiger partial charge in [-0.1, -0.05) is 15.9 Å². The molecule has 0 spiro atoms. The maximum absolute atomic E-state index is 12.4. The average Bonchev–Trinajstić information content (AvgIpc) is 2.24. The Hall–Kier alpha value is -0.890. The van der Waals surface area contributed by atoms with Gasteiger partial charge >= 0.3 is 12.1 Å². The highest BCUT2D eigenvalue weighted by atomic mass is 79.9. The summed E-state index contributed by atoms with van der Waals surface area (Å²) in [6.45, 7) is 0. The van der Waals surface area contributed by atoms with Crippen LogP contribution in [0.5, 0.6) is 0 Å². The van der Waals surface area contributed by atoms with E-state index in [0.717, 1.165) is 0 Å². The third-order valence-electron chi connectivity index (χ3n) is 2.09. The Morgan fingerprint density at radius 3 is 2.22 bits per heavy atom. The van der Waals surface area contributed by atoms with E-state index in [1.54, 1.807) is 0 Å². The van der Waals surface area contributed by atoms with Gasteiger partial charge in [-0.15, -0.1) is 0 Å². The summed E-state index contributed by atoms with van der Waals surface area (Å²) in [6.07, 6.45) is -4.91. The van der Waals surface area contributed by atoms with E-state index < -0.39 is 34.6 Å². The van der Waals surface area contributed by atoms with Crippen molar-refractivity contribution in [1.82, 2.24) is 0 Å². The van der Waals surface area contributed by atoms with Gasteiger partial charge in [-0.3, -0.25) is 9.00 Å². The number of hydrogen-bond donors (Lipinski definition) is 1. The van der Waals surface area contributed by atoms with Crippen LogP contribution in [0.2, 0.25) is 0 Å². The van der Waals surface area contributed by atoms with E-state index in [4.69, 9.17) is 5.11 Å². The van der Waals surface area contributed by atoms with E-state index in [-0.39, 0.29) is 4.90 Å². The van der Waals surface area contributed by atoms with Gasteiger partial charge in [0.05, 0.1) is 16.6 Å². The SMILES string of the molecule is O=C(O)C(CS(=O)c1ccc(Br)cc1)C(F)(F)F. The maximum Gasteiger partial charge on any atom is 0.403 e. The molecule has 0 saturated heterocycles. The Morgan fingerprint density at radius 2 is 1.83 bits per heavy atom. The minimum absolute atomic E-state index is 0.161. The monoisotopic (exact) mass is 344 g/mol. The zero-order chi connectivity index (χ0) is 13.9. The summed E-state index contributed by atoms with van der Waals surface area (Å²) >= 11 is 3.13. The third kappa shape index (κ3) is 4.09. The second kappa shape index (κ2) is 5.83. The van der Waals surface area contributed by atoms with Crippen LogP contribution in [-0.4, -0.2) is 27.2 Å². The third-order valence-corrected chi connectivity index (χ3v) is 4.05. The first-order valence-corrected chi connectivity index (χ1v) is 6.76. The predicted octanol–water partition coefficient (Wildman–Crippen LogP) is 2.82. The Balaban J connectivity index is 2.86. The van der Waals surface area contributed by atoms with E-state index in [9.17, 15) is 22.2 Å². The van der Waals surface area contributed by atoms with Gasteiger partial charge in [0.2, 0.25) is 0 Å². The molecule has 0 radical (unpaired) electrons. The Kier molecular flexibility index (Phi) is 4.92. The minimum Gasteiger partial charge on any atom is -0.481 e. The lowest BCUT2D eigenvalue weighted by molar-refractivity contribution is -0.188. The van der Waals surface area contributed by atoms with E-state index in [2.05, 4.69) is 15.9 Å². The number of hydrogen-bond acceptors (Lipinski definition) is 2. The number of carboxylic acids is 1. The molecule has 1 aromatic carbocycles. The molecule has 0 bridgehead atoms. The van der Waals surface area contributed by atoms with E-state index in [0.29, 0.717) is 4.47 Å². The molecule has 0 amide bonds. The second-order valence-electron chi connectivity index (χ2n) is 3.40. The molecule has 0 aromatic heterocycles. The van der Waals surface area contributed by atoms with E-state index in [1.807, 2.05) is 0 Å². The topological polar surface area (TPSA) is 54.4 Å². The Morgan fingerprint density at radius 1 is 1.33 bits per heavy atom. The molecular weight excluding hydrogens is 337 g/mol. The smallest absolute Gasteiger partial charge is 0.403 e. The van der Waals surface area contributed by atoms with Gasteiger partial charge in [-0.2, -0.15) is 13.2 Å². The molecule has 100 valence electrons. The first-order valence-electron chi connectivity index (χ1n) is 4.65. The Bertz CT molecular complexity index is 458. The first-order chi connectivity index (χ1) is 8.21. The van der Waals surface area contributed by atoms with Crippen LogP contribution in [-0.2, 0) is 15.6 Å². The fourth-order valence-electron chi connectivity index (χ4n) is 1.14. The molecule has 0 aliphatic heterocycles. The summed E-state index contributed by atoms with van der Waals surface area (Å²) in [5.74, 6) is -5.63. The van der Waals surface area contributed by atoms with Crippen molar-refractivity contribution in [3.8, 4) is 0 Å². The zero-order valence-corrected chi connectivity index (χ0v) is 11.2. The lowest BCUT2D eigenvalue weighted by Gasteiger charge is -2.15. The van der Waals surface area contributed by atoms with Gasteiger partial charge in [0.25, 0.3) is 0 Å². The number of halogens is 4. The molecule has 3 nitrogen and oxygen atoms in total. The molecule has 0 aliphatic carbocycles. The summed E-state index contributed by atoms with van der Waals surface area (Å²) in [5, 5.41) is 8.49. The molecule has 1 N–H and O–H groups in total. The average molecular weight is 345 g/mol. The number of carboxylic acid groups (broad SMARTS) is 1. The maximum atomic E-state index is 12.4. The number of benzene rings is 1. The van der Waals surface area contributed by atoms with Gasteiger partial charge < -0.3 is 5.11 Å². The van der Waals surface area contributed by atoms with Crippen LogP contribution in [0.1, 0.15) is 0 Å². The summed E-state index contributed by atoms with van der Waals surface area (Å²) in [4.78, 5) is 10.7.